The lowest BCUT2D eigenvalue weighted by molar-refractivity contribution is -0.133. The third-order valence-electron chi connectivity index (χ3n) is 6.57. The summed E-state index contributed by atoms with van der Waals surface area (Å²) in [6.07, 6.45) is 0.144. The molecule has 0 fully saturated rings. The molecule has 0 bridgehead atoms. The van der Waals surface area contributed by atoms with Crippen molar-refractivity contribution >= 4 is 16.7 Å². The lowest BCUT2D eigenvalue weighted by Gasteiger charge is -2.27. The Bertz CT molecular complexity index is 1520. The quantitative estimate of drug-likeness (QED) is 0.270. The maximum Gasteiger partial charge on any atom is 0.315 e. The van der Waals surface area contributed by atoms with Crippen LogP contribution in [-0.4, -0.2) is 5.97 Å². The van der Waals surface area contributed by atoms with Crippen molar-refractivity contribution in [1.29, 1.82) is 5.26 Å². The maximum atomic E-state index is 12.8. The van der Waals surface area contributed by atoms with Crippen LogP contribution in [0, 0.1) is 11.3 Å². The van der Waals surface area contributed by atoms with E-state index in [2.05, 4.69) is 32.0 Å². The zero-order chi connectivity index (χ0) is 25.2. The molecular formula is C31H26N2O3. The second-order valence-corrected chi connectivity index (χ2v) is 9.23. The van der Waals surface area contributed by atoms with Crippen LogP contribution in [0.3, 0.4) is 0 Å². The average molecular weight is 475 g/mol. The molecule has 1 aliphatic heterocycles. The number of nitrogens with zero attached hydrogens (tertiary/aromatic N) is 1. The number of hydrogen-bond donors (Lipinski definition) is 1. The highest BCUT2D eigenvalue weighted by molar-refractivity contribution is 5.89. The third-order valence-corrected chi connectivity index (χ3v) is 6.57. The Morgan fingerprint density at radius 3 is 2.53 bits per heavy atom. The molecule has 1 unspecified atom stereocenters. The van der Waals surface area contributed by atoms with Gasteiger partial charge in [0.2, 0.25) is 5.88 Å². The monoisotopic (exact) mass is 474 g/mol. The van der Waals surface area contributed by atoms with Gasteiger partial charge in [0.25, 0.3) is 0 Å². The fraction of sp³-hybridized carbons (Fsp3) is 0.161. The Balaban J connectivity index is 1.41. The van der Waals surface area contributed by atoms with Gasteiger partial charge in [-0.25, -0.2) is 0 Å². The summed E-state index contributed by atoms with van der Waals surface area (Å²) in [4.78, 5) is 12.8. The van der Waals surface area contributed by atoms with Crippen molar-refractivity contribution < 1.29 is 14.3 Å². The van der Waals surface area contributed by atoms with Crippen molar-refractivity contribution in [2.75, 3.05) is 0 Å². The summed E-state index contributed by atoms with van der Waals surface area (Å²) in [6.45, 7) is 4.28. The van der Waals surface area contributed by atoms with Crippen LogP contribution in [0.4, 0.5) is 0 Å². The van der Waals surface area contributed by atoms with Gasteiger partial charge in [0.1, 0.15) is 23.1 Å². The number of carbonyl (C=O) groups excluding carboxylic acids is 1. The van der Waals surface area contributed by atoms with E-state index in [1.165, 1.54) is 5.56 Å². The number of benzene rings is 4. The van der Waals surface area contributed by atoms with Gasteiger partial charge in [-0.2, -0.15) is 5.26 Å². The van der Waals surface area contributed by atoms with Gasteiger partial charge in [-0.15, -0.1) is 0 Å². The van der Waals surface area contributed by atoms with E-state index in [9.17, 15) is 10.1 Å². The molecule has 0 aliphatic carbocycles. The molecule has 5 heteroatoms. The van der Waals surface area contributed by atoms with E-state index in [0.29, 0.717) is 23.0 Å². The molecule has 1 aliphatic rings. The topological polar surface area (TPSA) is 85.3 Å². The maximum absolute atomic E-state index is 12.8. The predicted molar refractivity (Wildman–Crippen MR) is 140 cm³/mol. The van der Waals surface area contributed by atoms with Crippen LogP contribution in [-0.2, 0) is 11.2 Å². The van der Waals surface area contributed by atoms with E-state index < -0.39 is 0 Å². The molecule has 0 amide bonds. The normalized spacial score (nSPS) is 14.8. The zero-order valence-corrected chi connectivity index (χ0v) is 20.2. The Morgan fingerprint density at radius 1 is 1.03 bits per heavy atom. The van der Waals surface area contributed by atoms with Crippen LogP contribution in [0.25, 0.3) is 10.8 Å². The number of fused-ring (bicyclic) bond motifs is 2. The Hall–Kier alpha value is -4.56. The van der Waals surface area contributed by atoms with Gasteiger partial charge in [-0.05, 0) is 39.4 Å². The highest BCUT2D eigenvalue weighted by atomic mass is 16.5. The predicted octanol–water partition coefficient (Wildman–Crippen LogP) is 6.33. The van der Waals surface area contributed by atoms with E-state index in [1.54, 1.807) is 12.1 Å². The molecule has 5 rings (SSSR count). The van der Waals surface area contributed by atoms with Crippen molar-refractivity contribution in [1.82, 2.24) is 0 Å². The number of esters is 1. The lowest BCUT2D eigenvalue weighted by Crippen LogP contribution is -2.21. The molecule has 1 atom stereocenters. The van der Waals surface area contributed by atoms with Gasteiger partial charge in [0.15, 0.2) is 0 Å². The van der Waals surface area contributed by atoms with E-state index >= 15 is 0 Å². The highest BCUT2D eigenvalue weighted by Crippen LogP contribution is 2.43. The molecule has 1 heterocycles. The summed E-state index contributed by atoms with van der Waals surface area (Å²) in [5, 5.41) is 11.9. The minimum Gasteiger partial charge on any atom is -0.440 e. The second-order valence-electron chi connectivity index (χ2n) is 9.23. The Kier molecular flexibility index (Phi) is 6.18. The molecule has 0 radical (unpaired) electrons. The molecule has 0 spiro atoms. The second kappa shape index (κ2) is 9.59. The molecule has 36 heavy (non-hydrogen) atoms. The first-order valence-corrected chi connectivity index (χ1v) is 11.9. The number of nitrogens with two attached hydrogens (primary N) is 1. The first kappa shape index (κ1) is 23.2. The van der Waals surface area contributed by atoms with Crippen LogP contribution in [0.15, 0.2) is 96.4 Å². The standard InChI is InChI=1S/C31H26N2O3/c1-19(2)20-10-12-22(13-11-20)30-26-15-14-24(17-28(26)36-31(33)27(30)18-32)35-29(34)16-23-8-5-7-21-6-3-4-9-25(21)23/h3-15,17,19,30H,16,33H2,1-2H3. The van der Waals surface area contributed by atoms with Crippen molar-refractivity contribution in [2.24, 2.45) is 5.73 Å². The van der Waals surface area contributed by atoms with E-state index in [-0.39, 0.29) is 24.2 Å². The molecule has 0 saturated heterocycles. The number of ether oxygens (including phenoxy) is 2. The summed E-state index contributed by atoms with van der Waals surface area (Å²) in [5.41, 5.74) is 10.4. The van der Waals surface area contributed by atoms with Crippen molar-refractivity contribution in [3.8, 4) is 17.6 Å². The zero-order valence-electron chi connectivity index (χ0n) is 20.2. The van der Waals surface area contributed by atoms with Crippen LogP contribution in [0.2, 0.25) is 0 Å². The van der Waals surface area contributed by atoms with Gasteiger partial charge in [0, 0.05) is 11.6 Å². The first-order valence-electron chi connectivity index (χ1n) is 11.9. The average Bonchev–Trinajstić information content (AvgIpc) is 2.88. The Labute approximate surface area is 210 Å². The van der Waals surface area contributed by atoms with Crippen LogP contribution in [0.5, 0.6) is 11.5 Å². The molecule has 5 nitrogen and oxygen atoms in total. The summed E-state index contributed by atoms with van der Waals surface area (Å²) >= 11 is 0. The Morgan fingerprint density at radius 2 is 1.78 bits per heavy atom. The third kappa shape index (κ3) is 4.42. The van der Waals surface area contributed by atoms with E-state index in [4.69, 9.17) is 15.2 Å². The number of carbonyl (C=O) groups is 1. The molecule has 4 aromatic rings. The SMILES string of the molecule is CC(C)c1ccc(C2C(C#N)=C(N)Oc3cc(OC(=O)Cc4cccc5ccccc45)ccc32)cc1. The fourth-order valence-corrected chi connectivity index (χ4v) is 4.69. The minimum atomic E-state index is -0.371. The van der Waals surface area contributed by atoms with Crippen molar-refractivity contribution in [2.45, 2.75) is 32.1 Å². The molecular weight excluding hydrogens is 448 g/mol. The smallest absolute Gasteiger partial charge is 0.315 e. The first-order chi connectivity index (χ1) is 17.4. The molecule has 178 valence electrons. The van der Waals surface area contributed by atoms with Gasteiger partial charge >= 0.3 is 5.97 Å². The van der Waals surface area contributed by atoms with Gasteiger partial charge in [-0.1, -0.05) is 86.6 Å². The number of rotatable bonds is 5. The largest absolute Gasteiger partial charge is 0.440 e. The fourth-order valence-electron chi connectivity index (χ4n) is 4.69. The summed E-state index contributed by atoms with van der Waals surface area (Å²) < 4.78 is 11.5. The van der Waals surface area contributed by atoms with Gasteiger partial charge in [0.05, 0.1) is 12.3 Å². The minimum absolute atomic E-state index is 0.0576. The number of nitriles is 1. The number of hydrogen-bond acceptors (Lipinski definition) is 5. The summed E-state index contributed by atoms with van der Waals surface area (Å²) in [5.74, 6) is 0.566. The lowest BCUT2D eigenvalue weighted by atomic mass is 9.83. The van der Waals surface area contributed by atoms with Crippen LogP contribution < -0.4 is 15.2 Å². The van der Waals surface area contributed by atoms with Crippen molar-refractivity contribution in [3.05, 3.63) is 119 Å². The molecule has 2 N–H and O–H groups in total. The van der Waals surface area contributed by atoms with Gasteiger partial charge in [-0.3, -0.25) is 4.79 Å². The van der Waals surface area contributed by atoms with Crippen molar-refractivity contribution in [3.63, 3.8) is 0 Å². The molecule has 0 aromatic heterocycles. The summed E-state index contributed by atoms with van der Waals surface area (Å²) in [6, 6.07) is 29.5. The number of allylic oxidation sites excluding steroid dienone is 1. The molecule has 0 saturated carbocycles. The van der Waals surface area contributed by atoms with Crippen LogP contribution >= 0.6 is 0 Å². The van der Waals surface area contributed by atoms with E-state index in [0.717, 1.165) is 27.5 Å². The van der Waals surface area contributed by atoms with Gasteiger partial charge < -0.3 is 15.2 Å². The highest BCUT2D eigenvalue weighted by Gasteiger charge is 2.31. The summed E-state index contributed by atoms with van der Waals surface area (Å²) in [7, 11) is 0. The van der Waals surface area contributed by atoms with Crippen LogP contribution in [0.1, 0.15) is 47.9 Å². The van der Waals surface area contributed by atoms with E-state index in [1.807, 2.05) is 60.7 Å². The molecule has 4 aromatic carbocycles.